The Morgan fingerprint density at radius 2 is 1.88 bits per heavy atom. The van der Waals surface area contributed by atoms with Crippen LogP contribution in [0.25, 0.3) is 0 Å². The lowest BCUT2D eigenvalue weighted by atomic mass is 10.2. The van der Waals surface area contributed by atoms with Gasteiger partial charge in [0.25, 0.3) is 0 Å². The first kappa shape index (κ1) is 20.8. The molecule has 1 aromatic rings. The highest BCUT2D eigenvalue weighted by Gasteiger charge is 2.39. The number of ketones is 1. The molecule has 0 bridgehead atoms. The smallest absolute Gasteiger partial charge is 0.320 e. The van der Waals surface area contributed by atoms with E-state index in [4.69, 9.17) is 9.16 Å². The van der Waals surface area contributed by atoms with Gasteiger partial charge < -0.3 is 9.16 Å². The fourth-order valence-electron chi connectivity index (χ4n) is 2.63. The van der Waals surface area contributed by atoms with Crippen LogP contribution in [-0.2, 0) is 25.4 Å². The maximum atomic E-state index is 12.2. The van der Waals surface area contributed by atoms with Gasteiger partial charge in [-0.15, -0.1) is 0 Å². The van der Waals surface area contributed by atoms with Gasteiger partial charge in [-0.2, -0.15) is 0 Å². The summed E-state index contributed by atoms with van der Waals surface area (Å²) in [6, 6.07) is 9.55. The van der Waals surface area contributed by atoms with Crippen molar-refractivity contribution in [2.75, 3.05) is 19.7 Å². The number of hydrogen-bond donors (Lipinski definition) is 0. The molecule has 1 heterocycles. The molecule has 0 N–H and O–H groups in total. The topological polar surface area (TPSA) is 55.8 Å². The van der Waals surface area contributed by atoms with Crippen molar-refractivity contribution in [2.24, 2.45) is 0 Å². The summed E-state index contributed by atoms with van der Waals surface area (Å²) >= 11 is 0. The summed E-state index contributed by atoms with van der Waals surface area (Å²) in [5.41, 5.74) is 0.955. The minimum Gasteiger partial charge on any atom is -0.460 e. The van der Waals surface area contributed by atoms with E-state index in [0.717, 1.165) is 5.56 Å². The zero-order valence-electron chi connectivity index (χ0n) is 16.6. The molecular weight excluding hydrogens is 346 g/mol. The third-order valence-electron chi connectivity index (χ3n) is 5.38. The van der Waals surface area contributed by atoms with Crippen LogP contribution in [0.4, 0.5) is 0 Å². The van der Waals surface area contributed by atoms with E-state index in [2.05, 4.69) is 33.9 Å². The summed E-state index contributed by atoms with van der Waals surface area (Å²) in [5, 5.41) is 0.120. The molecule has 1 aliphatic heterocycles. The van der Waals surface area contributed by atoms with E-state index in [1.54, 1.807) is 0 Å². The van der Waals surface area contributed by atoms with Crippen LogP contribution < -0.4 is 0 Å². The lowest BCUT2D eigenvalue weighted by Gasteiger charge is -2.37. The highest BCUT2D eigenvalue weighted by atomic mass is 28.4. The maximum Gasteiger partial charge on any atom is 0.320 e. The second-order valence-corrected chi connectivity index (χ2v) is 13.3. The van der Waals surface area contributed by atoms with Gasteiger partial charge in [-0.25, -0.2) is 0 Å². The van der Waals surface area contributed by atoms with Crippen LogP contribution in [0.2, 0.25) is 18.1 Å². The van der Waals surface area contributed by atoms with Crippen molar-refractivity contribution >= 4 is 20.1 Å². The molecule has 0 spiro atoms. The van der Waals surface area contributed by atoms with Gasteiger partial charge in [-0.05, 0) is 23.7 Å². The Bertz CT molecular complexity index is 624. The largest absolute Gasteiger partial charge is 0.460 e. The lowest BCUT2D eigenvalue weighted by Crippen LogP contribution is -2.45. The number of rotatable bonds is 7. The van der Waals surface area contributed by atoms with Crippen molar-refractivity contribution in [1.29, 1.82) is 0 Å². The van der Waals surface area contributed by atoms with Gasteiger partial charge >= 0.3 is 5.97 Å². The van der Waals surface area contributed by atoms with Gasteiger partial charge in [0.1, 0.15) is 12.4 Å². The molecule has 0 aliphatic carbocycles. The van der Waals surface area contributed by atoms with Crippen molar-refractivity contribution in [2.45, 2.75) is 58.0 Å². The molecule has 6 heteroatoms. The summed E-state index contributed by atoms with van der Waals surface area (Å²) in [4.78, 5) is 26.0. The lowest BCUT2D eigenvalue weighted by molar-refractivity contribution is -0.146. The Balaban J connectivity index is 1.86. The number of esters is 1. The molecule has 0 saturated carbocycles. The average molecular weight is 378 g/mol. The van der Waals surface area contributed by atoms with E-state index < -0.39 is 8.32 Å². The summed E-state index contributed by atoms with van der Waals surface area (Å²) in [6.07, 6.45) is 0.445. The number of carbonyl (C=O) groups is 2. The van der Waals surface area contributed by atoms with Crippen molar-refractivity contribution in [1.82, 2.24) is 4.90 Å². The van der Waals surface area contributed by atoms with E-state index in [-0.39, 0.29) is 36.0 Å². The van der Waals surface area contributed by atoms with Crippen LogP contribution in [-0.4, -0.2) is 50.7 Å². The minimum atomic E-state index is -1.88. The SMILES string of the molecule is CC(C)(C)[Si](C)(C)OC[C@@H]1CC(=O)CN1CC(=O)OCc1ccccc1. The molecule has 1 saturated heterocycles. The highest BCUT2D eigenvalue weighted by molar-refractivity contribution is 6.74. The van der Waals surface area contributed by atoms with Gasteiger partial charge in [0.2, 0.25) is 0 Å². The number of hydrogen-bond acceptors (Lipinski definition) is 5. The number of likely N-dealkylation sites (tertiary alicyclic amines) is 1. The summed E-state index contributed by atoms with van der Waals surface area (Å²) in [7, 11) is -1.88. The van der Waals surface area contributed by atoms with Crippen LogP contribution >= 0.6 is 0 Å². The molecule has 0 amide bonds. The van der Waals surface area contributed by atoms with Crippen molar-refractivity contribution in [3.8, 4) is 0 Å². The summed E-state index contributed by atoms with van der Waals surface area (Å²) in [6.45, 7) is 12.1. The van der Waals surface area contributed by atoms with Gasteiger partial charge in [-0.3, -0.25) is 14.5 Å². The third-order valence-corrected chi connectivity index (χ3v) is 9.88. The Hall–Kier alpha value is -1.50. The van der Waals surface area contributed by atoms with E-state index >= 15 is 0 Å². The molecule has 5 nitrogen and oxygen atoms in total. The number of carbonyl (C=O) groups excluding carboxylic acids is 2. The van der Waals surface area contributed by atoms with Gasteiger partial charge in [0, 0.05) is 19.1 Å². The predicted octanol–water partition coefficient (Wildman–Crippen LogP) is 3.40. The van der Waals surface area contributed by atoms with Crippen molar-refractivity contribution < 1.29 is 18.8 Å². The van der Waals surface area contributed by atoms with E-state index in [0.29, 0.717) is 19.6 Å². The Labute approximate surface area is 157 Å². The molecule has 0 aromatic heterocycles. The zero-order valence-corrected chi connectivity index (χ0v) is 17.6. The van der Waals surface area contributed by atoms with Crippen LogP contribution in [0.15, 0.2) is 30.3 Å². The van der Waals surface area contributed by atoms with Crippen LogP contribution in [0, 0.1) is 0 Å². The molecule has 2 rings (SSSR count). The first-order valence-corrected chi connectivity index (χ1v) is 12.1. The third kappa shape index (κ3) is 5.76. The van der Waals surface area contributed by atoms with Crippen molar-refractivity contribution in [3.05, 3.63) is 35.9 Å². The van der Waals surface area contributed by atoms with Gasteiger partial charge in [0.15, 0.2) is 8.32 Å². The fourth-order valence-corrected chi connectivity index (χ4v) is 3.67. The van der Waals surface area contributed by atoms with Crippen LogP contribution in [0.1, 0.15) is 32.8 Å². The zero-order chi connectivity index (χ0) is 19.4. The minimum absolute atomic E-state index is 0.0408. The van der Waals surface area contributed by atoms with E-state index in [1.807, 2.05) is 35.2 Å². The Morgan fingerprint density at radius 1 is 1.23 bits per heavy atom. The normalized spacial score (nSPS) is 19.0. The van der Waals surface area contributed by atoms with Gasteiger partial charge in [-0.1, -0.05) is 51.1 Å². The number of nitrogens with zero attached hydrogens (tertiary/aromatic N) is 1. The van der Waals surface area contributed by atoms with Crippen LogP contribution in [0.5, 0.6) is 0 Å². The standard InChI is InChI=1S/C20H31NO4Si/c1-20(2,3)26(4,5)25-15-17-11-18(22)12-21(17)13-19(23)24-14-16-9-7-6-8-10-16/h6-10,17H,11-15H2,1-5H3/t17-/m0/s1. The maximum absolute atomic E-state index is 12.2. The second kappa shape index (κ2) is 8.46. The fraction of sp³-hybridized carbons (Fsp3) is 0.600. The Morgan fingerprint density at radius 3 is 2.50 bits per heavy atom. The van der Waals surface area contributed by atoms with E-state index in [1.165, 1.54) is 0 Å². The monoisotopic (exact) mass is 377 g/mol. The molecular formula is C20H31NO4Si. The first-order valence-electron chi connectivity index (χ1n) is 9.18. The highest BCUT2D eigenvalue weighted by Crippen LogP contribution is 2.37. The number of ether oxygens (including phenoxy) is 1. The molecule has 0 unspecified atom stereocenters. The second-order valence-electron chi connectivity index (χ2n) is 8.52. The summed E-state index contributed by atoms with van der Waals surface area (Å²) < 4.78 is 11.6. The predicted molar refractivity (Wildman–Crippen MR) is 104 cm³/mol. The first-order chi connectivity index (χ1) is 12.1. The van der Waals surface area contributed by atoms with Gasteiger partial charge in [0.05, 0.1) is 13.1 Å². The quantitative estimate of drug-likeness (QED) is 0.538. The Kier molecular flexibility index (Phi) is 6.77. The molecule has 144 valence electrons. The molecule has 1 aromatic carbocycles. The number of benzene rings is 1. The molecule has 26 heavy (non-hydrogen) atoms. The average Bonchev–Trinajstić information content (AvgIpc) is 2.90. The van der Waals surface area contributed by atoms with Crippen molar-refractivity contribution in [3.63, 3.8) is 0 Å². The molecule has 0 radical (unpaired) electrons. The molecule has 1 atom stereocenters. The van der Waals surface area contributed by atoms with Crippen LogP contribution in [0.3, 0.4) is 0 Å². The molecule has 1 fully saturated rings. The summed E-state index contributed by atoms with van der Waals surface area (Å²) in [5.74, 6) is -0.148. The van der Waals surface area contributed by atoms with E-state index in [9.17, 15) is 9.59 Å². The molecule has 1 aliphatic rings. The number of Topliss-reactive ketones (excluding diaryl/α,β-unsaturated/α-hetero) is 1.